The Kier molecular flexibility index (Phi) is 1.66. The first kappa shape index (κ1) is 6.05. The first-order valence-corrected chi connectivity index (χ1v) is 3.20. The summed E-state index contributed by atoms with van der Waals surface area (Å²) in [5.41, 5.74) is 5.33. The van der Waals surface area contributed by atoms with Gasteiger partial charge in [0, 0.05) is 11.5 Å². The van der Waals surface area contributed by atoms with Crippen LogP contribution in [-0.4, -0.2) is 0 Å². The lowest BCUT2D eigenvalue weighted by Gasteiger charge is -1.93. The van der Waals surface area contributed by atoms with Gasteiger partial charge in [-0.05, 0) is 0 Å². The van der Waals surface area contributed by atoms with E-state index >= 15 is 0 Å². The second kappa shape index (κ2) is 2.46. The molecule has 0 aliphatic carbocycles. The van der Waals surface area contributed by atoms with Crippen LogP contribution in [0.3, 0.4) is 0 Å². The van der Waals surface area contributed by atoms with Crippen LogP contribution in [0, 0.1) is 11.3 Å². The molecule has 9 heavy (non-hydrogen) atoms. The molecule has 0 radical (unpaired) electrons. The first-order chi connectivity index (χ1) is 4.33. The van der Waals surface area contributed by atoms with E-state index < -0.39 is 0 Å². The highest BCUT2D eigenvalue weighted by Gasteiger charge is 2.03. The van der Waals surface area contributed by atoms with E-state index in [1.807, 2.05) is 6.07 Å². The maximum atomic E-state index is 8.17. The van der Waals surface area contributed by atoms with Gasteiger partial charge >= 0.3 is 0 Å². The van der Waals surface area contributed by atoms with Crippen LogP contribution in [0.1, 0.15) is 0 Å². The lowest BCUT2D eigenvalue weighted by molar-refractivity contribution is 1.03. The van der Waals surface area contributed by atoms with Crippen molar-refractivity contribution in [2.45, 2.75) is 0 Å². The Balaban J connectivity index is 2.58. The van der Waals surface area contributed by atoms with Crippen molar-refractivity contribution in [1.82, 2.24) is 5.32 Å². The van der Waals surface area contributed by atoms with Gasteiger partial charge in [-0.15, -0.1) is 0 Å². The molecule has 0 aromatic carbocycles. The molecular formula is C5H5N3S. The predicted octanol–water partition coefficient (Wildman–Crippen LogP) is 0.445. The molecule has 0 atom stereocenters. The van der Waals surface area contributed by atoms with Gasteiger partial charge in [0.05, 0.1) is 11.1 Å². The van der Waals surface area contributed by atoms with Crippen LogP contribution < -0.4 is 11.1 Å². The van der Waals surface area contributed by atoms with E-state index in [1.54, 1.807) is 5.41 Å². The summed E-state index contributed by atoms with van der Waals surface area (Å²) in [7, 11) is 0. The summed E-state index contributed by atoms with van der Waals surface area (Å²) in [6.07, 6.45) is 1.42. The quantitative estimate of drug-likeness (QED) is 0.478. The normalized spacial score (nSPS) is 20.8. The molecule has 0 bridgehead atoms. The van der Waals surface area contributed by atoms with Crippen LogP contribution in [0.15, 0.2) is 22.3 Å². The van der Waals surface area contributed by atoms with Crippen molar-refractivity contribution in [2.24, 2.45) is 5.73 Å². The van der Waals surface area contributed by atoms with Crippen LogP contribution in [-0.2, 0) is 0 Å². The maximum absolute atomic E-state index is 8.17. The summed E-state index contributed by atoms with van der Waals surface area (Å²) in [5.74, 6) is 0.599. The Hall–Kier alpha value is -1.08. The lowest BCUT2D eigenvalue weighted by Crippen LogP contribution is -2.12. The summed E-state index contributed by atoms with van der Waals surface area (Å²) in [4.78, 5) is 0. The summed E-state index contributed by atoms with van der Waals surface area (Å²) < 4.78 is 0. The molecule has 1 rings (SSSR count). The smallest absolute Gasteiger partial charge is 0.108 e. The summed E-state index contributed by atoms with van der Waals surface area (Å²) >= 11 is 1.42. The third kappa shape index (κ3) is 1.40. The van der Waals surface area contributed by atoms with Crippen LogP contribution in [0.5, 0.6) is 0 Å². The van der Waals surface area contributed by atoms with Crippen molar-refractivity contribution >= 4 is 11.8 Å². The monoisotopic (exact) mass is 139 g/mol. The first-order valence-electron chi connectivity index (χ1n) is 2.32. The van der Waals surface area contributed by atoms with E-state index in [9.17, 15) is 0 Å². The topological polar surface area (TPSA) is 61.8 Å². The summed E-state index contributed by atoms with van der Waals surface area (Å²) in [6, 6.07) is 1.90. The van der Waals surface area contributed by atoms with Crippen molar-refractivity contribution in [3.8, 4) is 6.07 Å². The SMILES string of the molecule is N#C/C=C1/NC(N)=CS1. The zero-order valence-corrected chi connectivity index (χ0v) is 5.40. The number of hydrogen-bond donors (Lipinski definition) is 2. The van der Waals surface area contributed by atoms with Crippen molar-refractivity contribution in [1.29, 1.82) is 5.26 Å². The standard InChI is InChI=1S/C5H5N3S/c6-2-1-5-8-4(7)3-9-5/h1,3,8H,7H2/b5-1-. The molecule has 0 unspecified atom stereocenters. The van der Waals surface area contributed by atoms with E-state index in [1.165, 1.54) is 17.8 Å². The molecular weight excluding hydrogens is 134 g/mol. The molecule has 0 saturated carbocycles. The number of allylic oxidation sites excluding steroid dienone is 1. The number of nitrogens with two attached hydrogens (primary N) is 1. The van der Waals surface area contributed by atoms with Crippen molar-refractivity contribution < 1.29 is 0 Å². The number of nitriles is 1. The van der Waals surface area contributed by atoms with Gasteiger partial charge in [-0.1, -0.05) is 11.8 Å². The largest absolute Gasteiger partial charge is 0.385 e. The lowest BCUT2D eigenvalue weighted by atomic mass is 10.6. The Morgan fingerprint density at radius 2 is 2.67 bits per heavy atom. The van der Waals surface area contributed by atoms with Gasteiger partial charge in [0.1, 0.15) is 5.82 Å². The molecule has 1 heterocycles. The van der Waals surface area contributed by atoms with Crippen LogP contribution in [0.2, 0.25) is 0 Å². The van der Waals surface area contributed by atoms with Gasteiger partial charge in [-0.2, -0.15) is 5.26 Å². The Bertz CT molecular complexity index is 211. The van der Waals surface area contributed by atoms with Gasteiger partial charge < -0.3 is 11.1 Å². The maximum Gasteiger partial charge on any atom is 0.108 e. The summed E-state index contributed by atoms with van der Waals surface area (Å²) in [5, 5.41) is 13.5. The minimum absolute atomic E-state index is 0.599. The van der Waals surface area contributed by atoms with Gasteiger partial charge in [-0.25, -0.2) is 0 Å². The molecule has 0 aromatic heterocycles. The highest BCUT2D eigenvalue weighted by molar-refractivity contribution is 8.06. The van der Waals surface area contributed by atoms with Crippen LogP contribution in [0.25, 0.3) is 0 Å². The van der Waals surface area contributed by atoms with Crippen LogP contribution in [0.4, 0.5) is 0 Å². The fourth-order valence-corrected chi connectivity index (χ4v) is 1.07. The molecule has 3 nitrogen and oxygen atoms in total. The van der Waals surface area contributed by atoms with E-state index in [0.29, 0.717) is 5.82 Å². The van der Waals surface area contributed by atoms with Crippen molar-refractivity contribution in [2.75, 3.05) is 0 Å². The Morgan fingerprint density at radius 1 is 1.89 bits per heavy atom. The van der Waals surface area contributed by atoms with Gasteiger partial charge in [0.25, 0.3) is 0 Å². The minimum atomic E-state index is 0.599. The Labute approximate surface area is 57.2 Å². The fraction of sp³-hybridized carbons (Fsp3) is 0. The number of hydrogen-bond acceptors (Lipinski definition) is 4. The molecule has 0 aromatic rings. The van der Waals surface area contributed by atoms with Crippen molar-refractivity contribution in [3.63, 3.8) is 0 Å². The molecule has 0 fully saturated rings. The van der Waals surface area contributed by atoms with E-state index in [2.05, 4.69) is 5.32 Å². The molecule has 0 spiro atoms. The summed E-state index contributed by atoms with van der Waals surface area (Å²) in [6.45, 7) is 0. The van der Waals surface area contributed by atoms with E-state index in [0.717, 1.165) is 5.03 Å². The zero-order chi connectivity index (χ0) is 6.69. The Morgan fingerprint density at radius 3 is 3.11 bits per heavy atom. The second-order valence-electron chi connectivity index (χ2n) is 1.45. The van der Waals surface area contributed by atoms with Crippen molar-refractivity contribution in [3.05, 3.63) is 22.3 Å². The average Bonchev–Trinajstić information content (AvgIpc) is 2.17. The molecule has 46 valence electrons. The van der Waals surface area contributed by atoms with Gasteiger partial charge in [-0.3, -0.25) is 0 Å². The number of thioether (sulfide) groups is 1. The average molecular weight is 139 g/mol. The fourth-order valence-electron chi connectivity index (χ4n) is 0.457. The molecule has 1 aliphatic rings. The molecule has 0 saturated heterocycles. The molecule has 1 aliphatic heterocycles. The zero-order valence-electron chi connectivity index (χ0n) is 4.59. The number of nitrogens with one attached hydrogen (secondary N) is 1. The van der Waals surface area contributed by atoms with Crippen LogP contribution >= 0.6 is 11.8 Å². The third-order valence-corrected chi connectivity index (χ3v) is 1.62. The van der Waals surface area contributed by atoms with Gasteiger partial charge in [0.2, 0.25) is 0 Å². The molecule has 0 amide bonds. The number of rotatable bonds is 0. The van der Waals surface area contributed by atoms with Gasteiger partial charge in [0.15, 0.2) is 0 Å². The molecule has 4 heteroatoms. The number of nitrogens with zero attached hydrogens (tertiary/aromatic N) is 1. The highest BCUT2D eigenvalue weighted by Crippen LogP contribution is 2.20. The van der Waals surface area contributed by atoms with E-state index in [4.69, 9.17) is 11.0 Å². The minimum Gasteiger partial charge on any atom is -0.385 e. The second-order valence-corrected chi connectivity index (χ2v) is 2.36. The highest BCUT2D eigenvalue weighted by atomic mass is 32.2. The van der Waals surface area contributed by atoms with E-state index in [-0.39, 0.29) is 0 Å². The predicted molar refractivity (Wildman–Crippen MR) is 36.7 cm³/mol. The third-order valence-electron chi connectivity index (χ3n) is 0.776. The molecule has 3 N–H and O–H groups in total.